The number of nitriles is 1. The number of nitrogens with zero attached hydrogens (tertiary/aromatic N) is 3. The molecule has 0 bridgehead atoms. The van der Waals surface area contributed by atoms with Crippen LogP contribution in [0.3, 0.4) is 0 Å². The van der Waals surface area contributed by atoms with E-state index in [1.54, 1.807) is 24.5 Å². The molecule has 2 heterocycles. The zero-order chi connectivity index (χ0) is 20.2. The number of hydrogen-bond donors (Lipinski definition) is 1. The largest absolute Gasteiger partial charge is 0.344 e. The summed E-state index contributed by atoms with van der Waals surface area (Å²) >= 11 is 0. The van der Waals surface area contributed by atoms with Crippen molar-refractivity contribution >= 4 is 16.8 Å². The third-order valence-corrected chi connectivity index (χ3v) is 4.78. The summed E-state index contributed by atoms with van der Waals surface area (Å²) in [6.45, 7) is 1.90. The molecule has 0 unspecified atom stereocenters. The predicted octanol–water partition coefficient (Wildman–Crippen LogP) is 4.66. The Hall–Kier alpha value is -4.04. The van der Waals surface area contributed by atoms with Crippen LogP contribution in [-0.2, 0) is 0 Å². The molecule has 0 saturated carbocycles. The van der Waals surface area contributed by atoms with Crippen LogP contribution in [0, 0.1) is 11.3 Å². The van der Waals surface area contributed by atoms with E-state index in [-0.39, 0.29) is 11.9 Å². The predicted molar refractivity (Wildman–Crippen MR) is 112 cm³/mol. The molecule has 0 saturated heterocycles. The molecule has 140 valence electrons. The van der Waals surface area contributed by atoms with E-state index in [1.165, 1.54) is 0 Å². The van der Waals surface area contributed by atoms with Crippen molar-refractivity contribution in [2.45, 2.75) is 13.0 Å². The van der Waals surface area contributed by atoms with Crippen LogP contribution in [0.25, 0.3) is 22.0 Å². The van der Waals surface area contributed by atoms with Crippen LogP contribution in [0.2, 0.25) is 0 Å². The number of amides is 1. The first-order valence-electron chi connectivity index (χ1n) is 9.27. The maximum atomic E-state index is 12.7. The van der Waals surface area contributed by atoms with E-state index in [2.05, 4.69) is 21.4 Å². The highest BCUT2D eigenvalue weighted by atomic mass is 16.1. The number of aromatic nitrogens is 2. The third kappa shape index (κ3) is 3.83. The standard InChI is InChI=1S/C24H18N4O/c1-16(22-7-2-3-12-26-22)28-24(29)20-13-19-5-4-6-21(23(19)27-15-20)18-10-8-17(14-25)9-11-18/h2-13,15-16H,1H3,(H,28,29)/t16-/m0/s1. The third-order valence-electron chi connectivity index (χ3n) is 4.78. The van der Waals surface area contributed by atoms with Gasteiger partial charge in [0.1, 0.15) is 0 Å². The van der Waals surface area contributed by atoms with Gasteiger partial charge in [0.05, 0.1) is 34.4 Å². The molecule has 0 fully saturated rings. The summed E-state index contributed by atoms with van der Waals surface area (Å²) in [6, 6.07) is 22.6. The van der Waals surface area contributed by atoms with Crippen molar-refractivity contribution in [1.82, 2.24) is 15.3 Å². The Bertz CT molecular complexity index is 1210. The monoisotopic (exact) mass is 378 g/mol. The first kappa shape index (κ1) is 18.3. The fraction of sp³-hybridized carbons (Fsp3) is 0.0833. The fourth-order valence-corrected chi connectivity index (χ4v) is 3.23. The number of benzene rings is 2. The first-order chi connectivity index (χ1) is 14.2. The van der Waals surface area contributed by atoms with Crippen molar-refractivity contribution in [3.05, 3.63) is 95.9 Å². The van der Waals surface area contributed by atoms with Gasteiger partial charge in [-0.25, -0.2) is 0 Å². The van der Waals surface area contributed by atoms with Crippen LogP contribution in [-0.4, -0.2) is 15.9 Å². The number of pyridine rings is 2. The number of fused-ring (bicyclic) bond motifs is 1. The number of hydrogen-bond acceptors (Lipinski definition) is 4. The van der Waals surface area contributed by atoms with Gasteiger partial charge in [-0.3, -0.25) is 14.8 Å². The van der Waals surface area contributed by atoms with Gasteiger partial charge >= 0.3 is 0 Å². The van der Waals surface area contributed by atoms with Crippen molar-refractivity contribution in [1.29, 1.82) is 5.26 Å². The van der Waals surface area contributed by atoms with E-state index in [0.717, 1.165) is 27.7 Å². The summed E-state index contributed by atoms with van der Waals surface area (Å²) < 4.78 is 0. The quantitative estimate of drug-likeness (QED) is 0.560. The van der Waals surface area contributed by atoms with Gasteiger partial charge in [-0.15, -0.1) is 0 Å². The Kier molecular flexibility index (Phi) is 5.00. The molecule has 0 aliphatic rings. The number of carbonyl (C=O) groups excluding carboxylic acids is 1. The molecule has 5 heteroatoms. The Morgan fingerprint density at radius 1 is 1.03 bits per heavy atom. The van der Waals surface area contributed by atoms with Gasteiger partial charge in [0.25, 0.3) is 5.91 Å². The Morgan fingerprint density at radius 2 is 1.86 bits per heavy atom. The number of rotatable bonds is 4. The minimum atomic E-state index is -0.204. The number of carbonyl (C=O) groups is 1. The minimum Gasteiger partial charge on any atom is -0.344 e. The Balaban J connectivity index is 1.63. The van der Waals surface area contributed by atoms with Gasteiger partial charge in [0, 0.05) is 23.3 Å². The Morgan fingerprint density at radius 3 is 2.59 bits per heavy atom. The Labute approximate surface area is 168 Å². The molecule has 29 heavy (non-hydrogen) atoms. The molecule has 2 aromatic heterocycles. The van der Waals surface area contributed by atoms with Crippen LogP contribution in [0.4, 0.5) is 0 Å². The van der Waals surface area contributed by atoms with Gasteiger partial charge < -0.3 is 5.32 Å². The summed E-state index contributed by atoms with van der Waals surface area (Å²) in [7, 11) is 0. The van der Waals surface area contributed by atoms with Gasteiger partial charge in [-0.2, -0.15) is 5.26 Å². The van der Waals surface area contributed by atoms with Gasteiger partial charge in [0.15, 0.2) is 0 Å². The van der Waals surface area contributed by atoms with Crippen molar-refractivity contribution in [3.8, 4) is 17.2 Å². The van der Waals surface area contributed by atoms with Crippen LogP contribution >= 0.6 is 0 Å². The van der Waals surface area contributed by atoms with Gasteiger partial charge in [0.2, 0.25) is 0 Å². The molecule has 0 aliphatic carbocycles. The topological polar surface area (TPSA) is 78.7 Å². The molecule has 4 rings (SSSR count). The summed E-state index contributed by atoms with van der Waals surface area (Å²) in [5, 5.41) is 12.8. The number of para-hydroxylation sites is 1. The molecule has 1 N–H and O–H groups in total. The normalized spacial score (nSPS) is 11.6. The average molecular weight is 378 g/mol. The first-order valence-corrected chi connectivity index (χ1v) is 9.27. The molecular weight excluding hydrogens is 360 g/mol. The highest BCUT2D eigenvalue weighted by molar-refractivity contribution is 6.00. The van der Waals surface area contributed by atoms with Crippen LogP contribution in [0.15, 0.2) is 79.1 Å². The lowest BCUT2D eigenvalue weighted by Crippen LogP contribution is -2.27. The molecule has 0 spiro atoms. The van der Waals surface area contributed by atoms with E-state index in [4.69, 9.17) is 5.26 Å². The number of nitrogens with one attached hydrogen (secondary N) is 1. The molecule has 5 nitrogen and oxygen atoms in total. The van der Waals surface area contributed by atoms with Crippen molar-refractivity contribution in [3.63, 3.8) is 0 Å². The van der Waals surface area contributed by atoms with Gasteiger partial charge in [-0.05, 0) is 42.8 Å². The van der Waals surface area contributed by atoms with Crippen molar-refractivity contribution < 1.29 is 4.79 Å². The van der Waals surface area contributed by atoms with Gasteiger partial charge in [-0.1, -0.05) is 36.4 Å². The van der Waals surface area contributed by atoms with Crippen molar-refractivity contribution in [2.75, 3.05) is 0 Å². The molecule has 0 aliphatic heterocycles. The van der Waals surface area contributed by atoms with Crippen molar-refractivity contribution in [2.24, 2.45) is 0 Å². The van der Waals surface area contributed by atoms with E-state index < -0.39 is 0 Å². The zero-order valence-electron chi connectivity index (χ0n) is 15.8. The highest BCUT2D eigenvalue weighted by Crippen LogP contribution is 2.28. The SMILES string of the molecule is C[C@H](NC(=O)c1cnc2c(-c3ccc(C#N)cc3)cccc2c1)c1ccccn1. The molecular formula is C24H18N4O. The van der Waals surface area contributed by atoms with E-state index in [0.29, 0.717) is 11.1 Å². The maximum Gasteiger partial charge on any atom is 0.253 e. The van der Waals surface area contributed by atoms with Crippen LogP contribution < -0.4 is 5.32 Å². The molecule has 1 atom stereocenters. The zero-order valence-corrected chi connectivity index (χ0v) is 15.8. The van der Waals surface area contributed by atoms with E-state index in [1.807, 2.05) is 61.5 Å². The molecule has 0 radical (unpaired) electrons. The molecule has 4 aromatic rings. The second kappa shape index (κ2) is 7.91. The molecule has 1 amide bonds. The summed E-state index contributed by atoms with van der Waals surface area (Å²) in [6.07, 6.45) is 3.30. The summed E-state index contributed by atoms with van der Waals surface area (Å²) in [5.74, 6) is -0.193. The maximum absolute atomic E-state index is 12.7. The van der Waals surface area contributed by atoms with E-state index >= 15 is 0 Å². The summed E-state index contributed by atoms with van der Waals surface area (Å²) in [4.78, 5) is 21.5. The fourth-order valence-electron chi connectivity index (χ4n) is 3.23. The molecule has 2 aromatic carbocycles. The lowest BCUT2D eigenvalue weighted by Gasteiger charge is -2.14. The average Bonchev–Trinajstić information content (AvgIpc) is 2.79. The lowest BCUT2D eigenvalue weighted by atomic mass is 10.00. The second-order valence-corrected chi connectivity index (χ2v) is 6.74. The summed E-state index contributed by atoms with van der Waals surface area (Å²) in [5.41, 5.74) is 4.66. The second-order valence-electron chi connectivity index (χ2n) is 6.74. The minimum absolute atomic E-state index is 0.193. The lowest BCUT2D eigenvalue weighted by molar-refractivity contribution is 0.0939. The van der Waals surface area contributed by atoms with E-state index in [9.17, 15) is 4.79 Å². The van der Waals surface area contributed by atoms with Crippen LogP contribution in [0.1, 0.15) is 34.6 Å². The highest BCUT2D eigenvalue weighted by Gasteiger charge is 2.14. The smallest absolute Gasteiger partial charge is 0.253 e. The van der Waals surface area contributed by atoms with Crippen LogP contribution in [0.5, 0.6) is 0 Å².